The van der Waals surface area contributed by atoms with Gasteiger partial charge in [0, 0.05) is 16.9 Å². The molecule has 2 aromatic carbocycles. The zero-order chi connectivity index (χ0) is 23.5. The third kappa shape index (κ3) is 7.84. The predicted molar refractivity (Wildman–Crippen MR) is 129 cm³/mol. The molecule has 2 unspecified atom stereocenters. The number of hydrogen-bond acceptors (Lipinski definition) is 5. The third-order valence-electron chi connectivity index (χ3n) is 5.17. The highest BCUT2D eigenvalue weighted by Gasteiger charge is 2.22. The van der Waals surface area contributed by atoms with Crippen molar-refractivity contribution < 1.29 is 24.9 Å². The van der Waals surface area contributed by atoms with E-state index in [1.807, 2.05) is 55.5 Å². The Bertz CT molecular complexity index is 923. The highest BCUT2D eigenvalue weighted by Crippen LogP contribution is 2.37. The Morgan fingerprint density at radius 2 is 1.84 bits per heavy atom. The van der Waals surface area contributed by atoms with Crippen molar-refractivity contribution in [3.63, 3.8) is 0 Å². The van der Waals surface area contributed by atoms with Crippen molar-refractivity contribution in [2.75, 3.05) is 0 Å². The van der Waals surface area contributed by atoms with E-state index in [2.05, 4.69) is 0 Å². The van der Waals surface area contributed by atoms with Crippen LogP contribution in [0.15, 0.2) is 59.5 Å². The van der Waals surface area contributed by atoms with Crippen LogP contribution in [-0.2, 0) is 17.6 Å². The molecule has 2 atom stereocenters. The van der Waals surface area contributed by atoms with Gasteiger partial charge in [0.25, 0.3) is 0 Å². The molecule has 0 saturated heterocycles. The molecular formula is C26H32O5S. The van der Waals surface area contributed by atoms with Gasteiger partial charge in [0.2, 0.25) is 0 Å². The van der Waals surface area contributed by atoms with Crippen molar-refractivity contribution in [2.45, 2.75) is 68.6 Å². The highest BCUT2D eigenvalue weighted by atomic mass is 32.2. The normalized spacial score (nSPS) is 13.2. The maximum absolute atomic E-state index is 11.8. The highest BCUT2D eigenvalue weighted by molar-refractivity contribution is 8.00. The standard InChI is InChI=1S/C26H32O5S/c1-3-9-21-23(17-16-20(18(2)27)26(21)31)32-24(22(28)13-8-15-25(29)30)14-7-12-19-10-5-4-6-11-19/h4-7,10-11,14,16-17,22,24,28,31H,3,8-9,12-13,15H2,1-2H3,(H,29,30)/b14-7-. The van der Waals surface area contributed by atoms with Gasteiger partial charge in [-0.15, -0.1) is 11.8 Å². The van der Waals surface area contributed by atoms with E-state index in [-0.39, 0.29) is 23.2 Å². The largest absolute Gasteiger partial charge is 0.507 e. The molecule has 0 aromatic heterocycles. The molecule has 0 heterocycles. The molecule has 32 heavy (non-hydrogen) atoms. The molecule has 6 heteroatoms. The molecule has 2 rings (SSSR count). The number of aromatic hydroxyl groups is 1. The fourth-order valence-corrected chi connectivity index (χ4v) is 4.74. The van der Waals surface area contributed by atoms with Gasteiger partial charge in [-0.1, -0.05) is 55.8 Å². The van der Waals surface area contributed by atoms with Crippen molar-refractivity contribution in [2.24, 2.45) is 0 Å². The number of carboxylic acids is 1. The van der Waals surface area contributed by atoms with Crippen molar-refractivity contribution in [3.05, 3.63) is 71.3 Å². The number of carbonyl (C=O) groups is 2. The number of allylic oxidation sites excluding steroid dienone is 1. The molecule has 0 radical (unpaired) electrons. The minimum atomic E-state index is -0.879. The van der Waals surface area contributed by atoms with E-state index in [1.54, 1.807) is 6.07 Å². The van der Waals surface area contributed by atoms with E-state index >= 15 is 0 Å². The lowest BCUT2D eigenvalue weighted by Gasteiger charge is -2.22. The summed E-state index contributed by atoms with van der Waals surface area (Å²) in [6, 6.07) is 13.4. The molecule has 0 amide bonds. The van der Waals surface area contributed by atoms with Crippen LogP contribution in [0.4, 0.5) is 0 Å². The summed E-state index contributed by atoms with van der Waals surface area (Å²) in [5.41, 5.74) is 2.17. The van der Waals surface area contributed by atoms with Gasteiger partial charge in [0.15, 0.2) is 5.78 Å². The molecular weight excluding hydrogens is 424 g/mol. The molecule has 0 fully saturated rings. The first kappa shape index (κ1) is 25.7. The number of hydrogen-bond donors (Lipinski definition) is 3. The van der Waals surface area contributed by atoms with Crippen LogP contribution in [0.5, 0.6) is 5.75 Å². The molecule has 3 N–H and O–H groups in total. The van der Waals surface area contributed by atoms with Gasteiger partial charge in [0.05, 0.1) is 16.9 Å². The zero-order valence-corrected chi connectivity index (χ0v) is 19.5. The lowest BCUT2D eigenvalue weighted by Crippen LogP contribution is -2.21. The summed E-state index contributed by atoms with van der Waals surface area (Å²) in [6.45, 7) is 3.44. The van der Waals surface area contributed by atoms with Crippen LogP contribution in [0.1, 0.15) is 61.0 Å². The fourth-order valence-electron chi connectivity index (χ4n) is 3.48. The number of rotatable bonds is 13. The quantitative estimate of drug-likeness (QED) is 0.212. The van der Waals surface area contributed by atoms with Crippen LogP contribution in [0.25, 0.3) is 0 Å². The summed E-state index contributed by atoms with van der Waals surface area (Å²) in [5.74, 6) is -1.06. The fraction of sp³-hybridized carbons (Fsp3) is 0.385. The molecule has 172 valence electrons. The minimum absolute atomic E-state index is 0.0109. The number of aliphatic carboxylic acids is 1. The minimum Gasteiger partial charge on any atom is -0.507 e. The van der Waals surface area contributed by atoms with Crippen LogP contribution in [0, 0.1) is 0 Å². The molecule has 0 saturated carbocycles. The van der Waals surface area contributed by atoms with Crippen molar-refractivity contribution in [1.82, 2.24) is 0 Å². The Hall–Kier alpha value is -2.57. The summed E-state index contributed by atoms with van der Waals surface area (Å²) >= 11 is 1.44. The first-order chi connectivity index (χ1) is 15.3. The number of carboxylic acid groups (broad SMARTS) is 1. The van der Waals surface area contributed by atoms with Gasteiger partial charge >= 0.3 is 5.97 Å². The van der Waals surface area contributed by atoms with Gasteiger partial charge in [-0.2, -0.15) is 0 Å². The number of benzene rings is 2. The zero-order valence-electron chi connectivity index (χ0n) is 18.7. The van der Waals surface area contributed by atoms with Crippen molar-refractivity contribution >= 4 is 23.5 Å². The first-order valence-corrected chi connectivity index (χ1v) is 11.8. The Balaban J connectivity index is 2.27. The van der Waals surface area contributed by atoms with E-state index in [9.17, 15) is 19.8 Å². The van der Waals surface area contributed by atoms with E-state index in [1.165, 1.54) is 18.7 Å². The van der Waals surface area contributed by atoms with E-state index in [4.69, 9.17) is 5.11 Å². The van der Waals surface area contributed by atoms with Gasteiger partial charge in [0.1, 0.15) is 5.75 Å². The molecule has 0 aliphatic heterocycles. The monoisotopic (exact) mass is 456 g/mol. The number of phenols is 1. The molecule has 0 bridgehead atoms. The van der Waals surface area contributed by atoms with Crippen molar-refractivity contribution in [1.29, 1.82) is 0 Å². The van der Waals surface area contributed by atoms with Crippen LogP contribution < -0.4 is 0 Å². The van der Waals surface area contributed by atoms with Gasteiger partial charge in [-0.05, 0) is 50.3 Å². The molecule has 0 spiro atoms. The number of thioether (sulfide) groups is 1. The third-order valence-corrected chi connectivity index (χ3v) is 6.55. The number of aliphatic hydroxyl groups excluding tert-OH is 1. The van der Waals surface area contributed by atoms with Crippen LogP contribution >= 0.6 is 11.8 Å². The molecule has 0 aliphatic carbocycles. The average Bonchev–Trinajstić information content (AvgIpc) is 2.75. The Morgan fingerprint density at radius 3 is 2.47 bits per heavy atom. The number of ketones is 1. The lowest BCUT2D eigenvalue weighted by atomic mass is 10.0. The SMILES string of the molecule is CCCc1c(SC(/C=C\Cc2ccccc2)C(O)CCCC(=O)O)ccc(C(C)=O)c1O. The Kier molecular flexibility index (Phi) is 10.5. The summed E-state index contributed by atoms with van der Waals surface area (Å²) in [4.78, 5) is 23.5. The smallest absolute Gasteiger partial charge is 0.303 e. The Morgan fingerprint density at radius 1 is 1.12 bits per heavy atom. The van der Waals surface area contributed by atoms with Gasteiger partial charge in [-0.3, -0.25) is 9.59 Å². The van der Waals surface area contributed by atoms with Crippen LogP contribution in [0.2, 0.25) is 0 Å². The first-order valence-electron chi connectivity index (χ1n) is 11.0. The average molecular weight is 457 g/mol. The molecule has 2 aromatic rings. The molecule has 0 aliphatic rings. The number of aliphatic hydroxyl groups is 1. The second-order valence-electron chi connectivity index (χ2n) is 7.80. The number of carbonyl (C=O) groups excluding carboxylic acids is 1. The molecule has 5 nitrogen and oxygen atoms in total. The second-order valence-corrected chi connectivity index (χ2v) is 9.02. The van der Waals surface area contributed by atoms with Gasteiger partial charge in [-0.25, -0.2) is 0 Å². The summed E-state index contributed by atoms with van der Waals surface area (Å²) < 4.78 is 0. The van der Waals surface area contributed by atoms with Crippen molar-refractivity contribution in [3.8, 4) is 5.75 Å². The summed E-state index contributed by atoms with van der Waals surface area (Å²) in [5, 5.41) is 30.1. The Labute approximate surface area is 194 Å². The number of Topliss-reactive ketones (excluding diaryl/α,β-unsaturated/α-hetero) is 1. The second kappa shape index (κ2) is 13.1. The predicted octanol–water partition coefficient (Wildman–Crippen LogP) is 5.42. The van der Waals surface area contributed by atoms with Crippen LogP contribution in [0.3, 0.4) is 0 Å². The van der Waals surface area contributed by atoms with Crippen LogP contribution in [-0.4, -0.2) is 38.4 Å². The number of phenolic OH excluding ortho intramolecular Hbond substituents is 1. The van der Waals surface area contributed by atoms with Gasteiger partial charge < -0.3 is 15.3 Å². The van der Waals surface area contributed by atoms with E-state index < -0.39 is 12.1 Å². The lowest BCUT2D eigenvalue weighted by molar-refractivity contribution is -0.137. The summed E-state index contributed by atoms with van der Waals surface area (Å²) in [7, 11) is 0. The van der Waals surface area contributed by atoms with E-state index in [0.717, 1.165) is 23.3 Å². The van der Waals surface area contributed by atoms with E-state index in [0.29, 0.717) is 30.4 Å². The maximum atomic E-state index is 11.8. The summed E-state index contributed by atoms with van der Waals surface area (Å²) in [6.07, 6.45) is 6.12. The topological polar surface area (TPSA) is 94.8 Å². The maximum Gasteiger partial charge on any atom is 0.303 e.